The monoisotopic (exact) mass is 166 g/mol. The zero-order chi connectivity index (χ0) is 7.11. The third-order valence-corrected chi connectivity index (χ3v) is 2.39. The smallest absolute Gasteiger partial charge is 0.0192 e. The molecule has 1 atom stereocenters. The molecule has 3 heteroatoms. The van der Waals surface area contributed by atoms with E-state index in [9.17, 15) is 0 Å². The third kappa shape index (κ3) is 12.0. The van der Waals surface area contributed by atoms with E-state index in [0.717, 1.165) is 29.5 Å². The van der Waals surface area contributed by atoms with E-state index >= 15 is 0 Å². The molecule has 0 radical (unpaired) electrons. The zero-order valence-electron chi connectivity index (χ0n) is 5.96. The molecule has 0 aromatic rings. The Labute approximate surface area is 65.8 Å². The summed E-state index contributed by atoms with van der Waals surface area (Å²) in [6.07, 6.45) is 1.06. The average Bonchev–Trinajstić information content (AvgIpc) is 2.55. The van der Waals surface area contributed by atoms with Crippen molar-refractivity contribution in [1.29, 1.82) is 0 Å². The maximum absolute atomic E-state index is 7.98. The molecule has 1 nitrogen and oxygen atoms in total. The minimum absolute atomic E-state index is 0.861. The molecule has 1 rings (SSSR count). The second kappa shape index (κ2) is 6.78. The fourth-order valence-corrected chi connectivity index (χ4v) is 0.563. The van der Waals surface area contributed by atoms with Crippen LogP contribution < -0.4 is 0 Å². The highest BCUT2D eigenvalue weighted by atomic mass is 32.2. The van der Waals surface area contributed by atoms with Gasteiger partial charge in [-0.25, -0.2) is 0 Å². The van der Waals surface area contributed by atoms with Crippen LogP contribution in [-0.2, 0) is 0 Å². The van der Waals surface area contributed by atoms with Gasteiger partial charge in [-0.3, -0.25) is 0 Å². The van der Waals surface area contributed by atoms with Crippen LogP contribution in [0.5, 0.6) is 0 Å². The molecular formula is C6H14OS2. The standard InChI is InChI=1S/C3H8OS.C3H6S/c1-2-3-5-4;1-3-2-4-3/h4H,2-3H2,1H3;3H,2H2,1H3. The van der Waals surface area contributed by atoms with Crippen molar-refractivity contribution in [2.45, 2.75) is 25.5 Å². The van der Waals surface area contributed by atoms with Crippen molar-refractivity contribution < 1.29 is 4.55 Å². The number of thioether (sulfide) groups is 1. The van der Waals surface area contributed by atoms with E-state index < -0.39 is 0 Å². The summed E-state index contributed by atoms with van der Waals surface area (Å²) in [5.74, 6) is 2.26. The van der Waals surface area contributed by atoms with Gasteiger partial charge in [-0.2, -0.15) is 11.8 Å². The van der Waals surface area contributed by atoms with Crippen molar-refractivity contribution in [3.8, 4) is 0 Å². The van der Waals surface area contributed by atoms with E-state index in [1.54, 1.807) is 0 Å². The van der Waals surface area contributed by atoms with Crippen molar-refractivity contribution in [2.75, 3.05) is 11.5 Å². The highest BCUT2D eigenvalue weighted by Crippen LogP contribution is 2.28. The molecule has 1 unspecified atom stereocenters. The maximum atomic E-state index is 7.98. The highest BCUT2D eigenvalue weighted by molar-refractivity contribution is 8.06. The fraction of sp³-hybridized carbons (Fsp3) is 1.00. The van der Waals surface area contributed by atoms with Crippen molar-refractivity contribution in [3.05, 3.63) is 0 Å². The van der Waals surface area contributed by atoms with Gasteiger partial charge < -0.3 is 4.55 Å². The zero-order valence-corrected chi connectivity index (χ0v) is 7.60. The molecular weight excluding hydrogens is 152 g/mol. The van der Waals surface area contributed by atoms with Crippen molar-refractivity contribution in [2.24, 2.45) is 0 Å². The second-order valence-corrected chi connectivity index (χ2v) is 4.12. The summed E-state index contributed by atoms with van der Waals surface area (Å²) in [7, 11) is 0. The Morgan fingerprint density at radius 1 is 1.78 bits per heavy atom. The molecule has 9 heavy (non-hydrogen) atoms. The Balaban J connectivity index is 0.000000144. The quantitative estimate of drug-likeness (QED) is 0.503. The van der Waals surface area contributed by atoms with Gasteiger partial charge in [-0.05, 0) is 18.5 Å². The first-order chi connectivity index (χ1) is 4.31. The van der Waals surface area contributed by atoms with Crippen LogP contribution in [0.4, 0.5) is 0 Å². The normalized spacial score (nSPS) is 22.3. The Morgan fingerprint density at radius 3 is 2.22 bits per heavy atom. The Bertz CT molecular complexity index is 53.0. The maximum Gasteiger partial charge on any atom is 0.0192 e. The van der Waals surface area contributed by atoms with Gasteiger partial charge in [0, 0.05) is 16.8 Å². The van der Waals surface area contributed by atoms with E-state index in [1.165, 1.54) is 5.75 Å². The lowest BCUT2D eigenvalue weighted by Crippen LogP contribution is -1.65. The van der Waals surface area contributed by atoms with Crippen molar-refractivity contribution in [1.82, 2.24) is 0 Å². The van der Waals surface area contributed by atoms with E-state index in [2.05, 4.69) is 6.92 Å². The Hall–Kier alpha value is 0.660. The Kier molecular flexibility index (Phi) is 7.27. The van der Waals surface area contributed by atoms with Crippen molar-refractivity contribution >= 4 is 23.8 Å². The van der Waals surface area contributed by atoms with Crippen LogP contribution in [0.2, 0.25) is 0 Å². The van der Waals surface area contributed by atoms with E-state index in [0.29, 0.717) is 0 Å². The molecule has 56 valence electrons. The van der Waals surface area contributed by atoms with Gasteiger partial charge >= 0.3 is 0 Å². The van der Waals surface area contributed by atoms with Gasteiger partial charge in [0.15, 0.2) is 0 Å². The SMILES string of the molecule is CC1CS1.CCCSO. The summed E-state index contributed by atoms with van der Waals surface area (Å²) >= 11 is 2.92. The molecule has 0 bridgehead atoms. The first-order valence-electron chi connectivity index (χ1n) is 3.19. The number of hydrogen-bond donors (Lipinski definition) is 1. The van der Waals surface area contributed by atoms with E-state index in [1.807, 2.05) is 18.7 Å². The molecule has 0 aromatic carbocycles. The van der Waals surface area contributed by atoms with Crippen LogP contribution in [0.25, 0.3) is 0 Å². The molecule has 0 saturated carbocycles. The molecule has 1 aliphatic rings. The molecule has 1 heterocycles. The van der Waals surface area contributed by atoms with Crippen LogP contribution in [0.15, 0.2) is 0 Å². The van der Waals surface area contributed by atoms with Crippen molar-refractivity contribution in [3.63, 3.8) is 0 Å². The lowest BCUT2D eigenvalue weighted by atomic mass is 10.6. The molecule has 0 amide bonds. The average molecular weight is 166 g/mol. The van der Waals surface area contributed by atoms with Gasteiger partial charge in [0.25, 0.3) is 0 Å². The predicted molar refractivity (Wildman–Crippen MR) is 47.3 cm³/mol. The molecule has 0 aromatic heterocycles. The molecule has 1 N–H and O–H groups in total. The molecule has 0 aliphatic carbocycles. The van der Waals surface area contributed by atoms with Crippen LogP contribution in [0, 0.1) is 0 Å². The van der Waals surface area contributed by atoms with Crippen LogP contribution in [0.3, 0.4) is 0 Å². The third-order valence-electron chi connectivity index (χ3n) is 0.795. The number of hydrogen-bond acceptors (Lipinski definition) is 3. The summed E-state index contributed by atoms with van der Waals surface area (Å²) < 4.78 is 7.98. The number of rotatable bonds is 2. The van der Waals surface area contributed by atoms with Crippen LogP contribution in [-0.4, -0.2) is 21.3 Å². The van der Waals surface area contributed by atoms with E-state index in [4.69, 9.17) is 4.55 Å². The lowest BCUT2D eigenvalue weighted by Gasteiger charge is -1.78. The van der Waals surface area contributed by atoms with E-state index in [-0.39, 0.29) is 0 Å². The summed E-state index contributed by atoms with van der Waals surface area (Å²) in [5, 5.41) is 1.000. The van der Waals surface area contributed by atoms with Gasteiger partial charge in [-0.1, -0.05) is 13.8 Å². The van der Waals surface area contributed by atoms with Crippen LogP contribution in [0.1, 0.15) is 20.3 Å². The summed E-state index contributed by atoms with van der Waals surface area (Å²) in [6.45, 7) is 4.27. The van der Waals surface area contributed by atoms with Gasteiger partial charge in [0.05, 0.1) is 0 Å². The minimum atomic E-state index is 0.861. The topological polar surface area (TPSA) is 20.2 Å². The lowest BCUT2D eigenvalue weighted by molar-refractivity contribution is 0.662. The molecule has 1 saturated heterocycles. The largest absolute Gasteiger partial charge is 0.330 e. The molecule has 0 spiro atoms. The first-order valence-corrected chi connectivity index (χ1v) is 5.18. The summed E-state index contributed by atoms with van der Waals surface area (Å²) in [4.78, 5) is 0. The minimum Gasteiger partial charge on any atom is -0.330 e. The van der Waals surface area contributed by atoms with Gasteiger partial charge in [-0.15, -0.1) is 0 Å². The Morgan fingerprint density at radius 2 is 2.22 bits per heavy atom. The van der Waals surface area contributed by atoms with Gasteiger partial charge in [0.2, 0.25) is 0 Å². The molecule has 1 aliphatic heterocycles. The summed E-state index contributed by atoms with van der Waals surface area (Å²) in [6, 6.07) is 0. The van der Waals surface area contributed by atoms with Gasteiger partial charge in [0.1, 0.15) is 0 Å². The summed E-state index contributed by atoms with van der Waals surface area (Å²) in [5.41, 5.74) is 0. The first kappa shape index (κ1) is 9.66. The predicted octanol–water partition coefficient (Wildman–Crippen LogP) is 2.72. The fourth-order valence-electron chi connectivity index (χ4n) is 0.188. The second-order valence-electron chi connectivity index (χ2n) is 1.98. The molecule has 1 fully saturated rings. The highest BCUT2D eigenvalue weighted by Gasteiger charge is 2.13. The van der Waals surface area contributed by atoms with Crippen LogP contribution >= 0.6 is 23.8 Å².